The van der Waals surface area contributed by atoms with E-state index in [4.69, 9.17) is 15.0 Å². The van der Waals surface area contributed by atoms with Crippen LogP contribution in [0.5, 0.6) is 0 Å². The molecule has 0 radical (unpaired) electrons. The van der Waals surface area contributed by atoms with Crippen molar-refractivity contribution in [2.24, 2.45) is 0 Å². The minimum atomic E-state index is 0.636. The highest BCUT2D eigenvalue weighted by Crippen LogP contribution is 2.42. The molecule has 0 bridgehead atoms. The first-order valence-electron chi connectivity index (χ1n) is 19.7. The van der Waals surface area contributed by atoms with Gasteiger partial charge < -0.3 is 9.13 Å². The summed E-state index contributed by atoms with van der Waals surface area (Å²) in [4.78, 5) is 15.1. The van der Waals surface area contributed by atoms with E-state index < -0.39 is 0 Å². The zero-order chi connectivity index (χ0) is 38.7. The molecule has 11 aromatic rings. The van der Waals surface area contributed by atoms with E-state index in [2.05, 4.69) is 150 Å². The lowest BCUT2D eigenvalue weighted by Gasteiger charge is -2.13. The van der Waals surface area contributed by atoms with E-state index >= 15 is 0 Å². The minimum absolute atomic E-state index is 0.636. The van der Waals surface area contributed by atoms with Gasteiger partial charge in [0.05, 0.1) is 22.1 Å². The summed E-state index contributed by atoms with van der Waals surface area (Å²) >= 11 is 0. The van der Waals surface area contributed by atoms with Gasteiger partial charge in [-0.05, 0) is 85.1 Å². The van der Waals surface area contributed by atoms with Gasteiger partial charge in [0.1, 0.15) is 0 Å². The lowest BCUT2D eigenvalue weighted by atomic mass is 9.94. The molecule has 58 heavy (non-hydrogen) atoms. The molecule has 3 aromatic heterocycles. The number of aromatic nitrogens is 5. The molecule has 0 unspecified atom stereocenters. The van der Waals surface area contributed by atoms with Crippen molar-refractivity contribution in [2.75, 3.05) is 0 Å². The Labute approximate surface area is 336 Å². The number of para-hydroxylation sites is 2. The predicted molar refractivity (Wildman–Crippen MR) is 240 cm³/mol. The molecular weight excluding hydrogens is 707 g/mol. The van der Waals surface area contributed by atoms with Crippen molar-refractivity contribution in [2.45, 2.75) is 13.8 Å². The summed E-state index contributed by atoms with van der Waals surface area (Å²) in [5, 5.41) is 4.88. The normalized spacial score (nSPS) is 11.6. The van der Waals surface area contributed by atoms with Crippen LogP contribution in [0.15, 0.2) is 188 Å². The molecule has 274 valence electrons. The Kier molecular flexibility index (Phi) is 7.86. The monoisotopic (exact) mass is 743 g/mol. The molecule has 0 aliphatic heterocycles. The zero-order valence-electron chi connectivity index (χ0n) is 32.1. The second-order valence-corrected chi connectivity index (χ2v) is 15.0. The first-order valence-corrected chi connectivity index (χ1v) is 19.7. The van der Waals surface area contributed by atoms with Gasteiger partial charge in [0.25, 0.3) is 0 Å². The lowest BCUT2D eigenvalue weighted by molar-refractivity contribution is 1.07. The number of fused-ring (bicyclic) bond motifs is 6. The standard InChI is InChI=1S/C53H37N5/c1-34-24-28-39(29-25-34)57-48-31-30-40(58-46-21-11-9-18-41(46)42-19-10-12-22-47(42)58)33-45(48)50-43(20-13-23-49(50)57)44-32-38(27-26-35(44)2)53-55-51(36-14-5-3-6-15-36)54-52(56-53)37-16-7-4-8-17-37/h3-33H,1-2H3. The Bertz CT molecular complexity index is 3230. The lowest BCUT2D eigenvalue weighted by Crippen LogP contribution is -2.00. The number of hydrogen-bond donors (Lipinski definition) is 0. The first-order chi connectivity index (χ1) is 28.6. The number of nitrogens with zero attached hydrogens (tertiary/aromatic N) is 5. The summed E-state index contributed by atoms with van der Waals surface area (Å²) in [5.41, 5.74) is 14.5. The maximum Gasteiger partial charge on any atom is 0.164 e. The number of aryl methyl sites for hydroxylation is 2. The molecule has 3 heterocycles. The van der Waals surface area contributed by atoms with Crippen LogP contribution < -0.4 is 0 Å². The third-order valence-corrected chi connectivity index (χ3v) is 11.4. The van der Waals surface area contributed by atoms with Gasteiger partial charge in [-0.25, -0.2) is 15.0 Å². The van der Waals surface area contributed by atoms with E-state index in [1.54, 1.807) is 0 Å². The van der Waals surface area contributed by atoms with Crippen molar-refractivity contribution in [1.82, 2.24) is 24.1 Å². The maximum atomic E-state index is 5.09. The second kappa shape index (κ2) is 13.5. The average molecular weight is 744 g/mol. The van der Waals surface area contributed by atoms with Crippen LogP contribution in [0.25, 0.3) is 100 Å². The quantitative estimate of drug-likeness (QED) is 0.170. The molecule has 0 aliphatic rings. The number of rotatable bonds is 6. The summed E-state index contributed by atoms with van der Waals surface area (Å²) in [6, 6.07) is 66.8. The van der Waals surface area contributed by atoms with Crippen molar-refractivity contribution in [3.8, 4) is 56.7 Å². The molecule has 11 rings (SSSR count). The molecule has 0 saturated carbocycles. The molecule has 0 fully saturated rings. The highest BCUT2D eigenvalue weighted by molar-refractivity contribution is 6.17. The van der Waals surface area contributed by atoms with E-state index in [0.29, 0.717) is 17.5 Å². The van der Waals surface area contributed by atoms with Crippen LogP contribution in [0.3, 0.4) is 0 Å². The summed E-state index contributed by atoms with van der Waals surface area (Å²) < 4.78 is 4.82. The van der Waals surface area contributed by atoms with Gasteiger partial charge in [0.15, 0.2) is 17.5 Å². The summed E-state index contributed by atoms with van der Waals surface area (Å²) in [7, 11) is 0. The number of benzene rings is 8. The van der Waals surface area contributed by atoms with Crippen LogP contribution in [0, 0.1) is 13.8 Å². The summed E-state index contributed by atoms with van der Waals surface area (Å²) in [5.74, 6) is 1.93. The van der Waals surface area contributed by atoms with Gasteiger partial charge in [0, 0.05) is 49.6 Å². The van der Waals surface area contributed by atoms with Crippen molar-refractivity contribution in [1.29, 1.82) is 0 Å². The van der Waals surface area contributed by atoms with Crippen molar-refractivity contribution in [3.63, 3.8) is 0 Å². The third kappa shape index (κ3) is 5.51. The Hall–Kier alpha value is -7.63. The zero-order valence-corrected chi connectivity index (χ0v) is 32.1. The van der Waals surface area contributed by atoms with Gasteiger partial charge in [-0.2, -0.15) is 0 Å². The largest absolute Gasteiger partial charge is 0.309 e. The first kappa shape index (κ1) is 33.7. The Morgan fingerprint density at radius 1 is 0.345 bits per heavy atom. The molecule has 0 N–H and O–H groups in total. The topological polar surface area (TPSA) is 48.5 Å². The van der Waals surface area contributed by atoms with E-state index in [9.17, 15) is 0 Å². The molecule has 5 heteroatoms. The third-order valence-electron chi connectivity index (χ3n) is 11.4. The summed E-state index contributed by atoms with van der Waals surface area (Å²) in [6.45, 7) is 4.33. The van der Waals surface area contributed by atoms with Crippen molar-refractivity contribution >= 4 is 43.6 Å². The van der Waals surface area contributed by atoms with Crippen LogP contribution in [-0.4, -0.2) is 24.1 Å². The van der Waals surface area contributed by atoms with Gasteiger partial charge in [-0.15, -0.1) is 0 Å². The fraction of sp³-hybridized carbons (Fsp3) is 0.0377. The number of hydrogen-bond acceptors (Lipinski definition) is 3. The molecule has 0 atom stereocenters. The van der Waals surface area contributed by atoms with Crippen LogP contribution in [0.1, 0.15) is 11.1 Å². The molecule has 0 spiro atoms. The van der Waals surface area contributed by atoms with Crippen LogP contribution in [0.4, 0.5) is 0 Å². The molecule has 8 aromatic carbocycles. The van der Waals surface area contributed by atoms with Crippen LogP contribution in [-0.2, 0) is 0 Å². The fourth-order valence-electron chi connectivity index (χ4n) is 8.58. The average Bonchev–Trinajstić information content (AvgIpc) is 3.80. The van der Waals surface area contributed by atoms with Gasteiger partial charge in [-0.1, -0.05) is 139 Å². The molecule has 5 nitrogen and oxygen atoms in total. The smallest absolute Gasteiger partial charge is 0.164 e. The van der Waals surface area contributed by atoms with Crippen molar-refractivity contribution < 1.29 is 0 Å². The highest BCUT2D eigenvalue weighted by Gasteiger charge is 2.21. The van der Waals surface area contributed by atoms with Crippen LogP contribution >= 0.6 is 0 Å². The highest BCUT2D eigenvalue weighted by atomic mass is 15.0. The molecule has 0 aliphatic carbocycles. The molecular formula is C53H37N5. The van der Waals surface area contributed by atoms with E-state index in [-0.39, 0.29) is 0 Å². The van der Waals surface area contributed by atoms with E-state index in [0.717, 1.165) is 50.2 Å². The van der Waals surface area contributed by atoms with E-state index in [1.807, 2.05) is 60.7 Å². The minimum Gasteiger partial charge on any atom is -0.309 e. The maximum absolute atomic E-state index is 5.09. The van der Waals surface area contributed by atoms with Gasteiger partial charge in [0.2, 0.25) is 0 Å². The van der Waals surface area contributed by atoms with Crippen molar-refractivity contribution in [3.05, 3.63) is 199 Å². The Balaban J connectivity index is 1.16. The van der Waals surface area contributed by atoms with Gasteiger partial charge >= 0.3 is 0 Å². The summed E-state index contributed by atoms with van der Waals surface area (Å²) in [6.07, 6.45) is 0. The molecule has 0 saturated heterocycles. The van der Waals surface area contributed by atoms with Gasteiger partial charge in [-0.3, -0.25) is 0 Å². The Morgan fingerprint density at radius 2 is 0.862 bits per heavy atom. The fourth-order valence-corrected chi connectivity index (χ4v) is 8.58. The second-order valence-electron chi connectivity index (χ2n) is 15.0. The SMILES string of the molecule is Cc1ccc(-n2c3ccc(-n4c5ccccc5c5ccccc54)cc3c3c(-c4cc(-c5nc(-c6ccccc6)nc(-c6ccccc6)n5)ccc4C)cccc32)cc1. The van der Waals surface area contributed by atoms with Crippen LogP contribution in [0.2, 0.25) is 0 Å². The Morgan fingerprint density at radius 3 is 1.50 bits per heavy atom. The molecule has 0 amide bonds. The predicted octanol–water partition coefficient (Wildman–Crippen LogP) is 13.4. The van der Waals surface area contributed by atoms with E-state index in [1.165, 1.54) is 43.7 Å².